The van der Waals surface area contributed by atoms with Crippen LogP contribution < -0.4 is 10.1 Å². The largest absolute Gasteiger partial charge is 0.493 e. The molecule has 0 aromatic heterocycles. The number of carbonyl (C=O) groups excluding carboxylic acids is 1. The Hall–Kier alpha value is -1.35. The lowest BCUT2D eigenvalue weighted by molar-refractivity contribution is 0.0891. The highest BCUT2D eigenvalue weighted by molar-refractivity contribution is 6.00. The summed E-state index contributed by atoms with van der Waals surface area (Å²) < 4.78 is 5.51. The van der Waals surface area contributed by atoms with Crippen molar-refractivity contribution in [1.29, 1.82) is 0 Å². The van der Waals surface area contributed by atoms with Gasteiger partial charge in [0.05, 0.1) is 12.2 Å². The van der Waals surface area contributed by atoms with Gasteiger partial charge in [0.15, 0.2) is 5.78 Å². The van der Waals surface area contributed by atoms with E-state index in [0.717, 1.165) is 37.2 Å². The second kappa shape index (κ2) is 5.82. The van der Waals surface area contributed by atoms with Crippen LogP contribution in [0.1, 0.15) is 30.1 Å². The van der Waals surface area contributed by atoms with Crippen LogP contribution in [0.3, 0.4) is 0 Å². The number of hydrogen-bond donors (Lipinski definition) is 1. The molecule has 1 aromatic carbocycles. The maximum atomic E-state index is 12.4. The first-order chi connectivity index (χ1) is 8.33. The molecule has 3 nitrogen and oxygen atoms in total. The highest BCUT2D eigenvalue weighted by Gasteiger charge is 2.24. The number of para-hydroxylation sites is 1. The summed E-state index contributed by atoms with van der Waals surface area (Å²) in [6, 6.07) is 7.55. The monoisotopic (exact) mass is 233 g/mol. The number of hydrogen-bond acceptors (Lipinski definition) is 3. The molecule has 1 fully saturated rings. The number of nitrogens with one attached hydrogen (secondary N) is 1. The van der Waals surface area contributed by atoms with Crippen molar-refractivity contribution in [3.63, 3.8) is 0 Å². The zero-order valence-corrected chi connectivity index (χ0v) is 10.2. The fraction of sp³-hybridized carbons (Fsp3) is 0.500. The molecular weight excluding hydrogens is 214 g/mol. The number of benzene rings is 1. The van der Waals surface area contributed by atoms with Crippen molar-refractivity contribution >= 4 is 5.78 Å². The molecule has 92 valence electrons. The summed E-state index contributed by atoms with van der Waals surface area (Å²) in [5.74, 6) is 1.10. The lowest BCUT2D eigenvalue weighted by Gasteiger charge is -2.22. The van der Waals surface area contributed by atoms with Crippen molar-refractivity contribution in [2.24, 2.45) is 5.92 Å². The van der Waals surface area contributed by atoms with Gasteiger partial charge >= 0.3 is 0 Å². The fourth-order valence-corrected chi connectivity index (χ4v) is 2.26. The molecule has 1 heterocycles. The van der Waals surface area contributed by atoms with E-state index in [9.17, 15) is 4.79 Å². The minimum absolute atomic E-state index is 0.151. The number of Topliss-reactive ketones (excluding diaryl/α,β-unsaturated/α-hetero) is 1. The zero-order valence-electron chi connectivity index (χ0n) is 10.2. The first-order valence-corrected chi connectivity index (χ1v) is 6.29. The van der Waals surface area contributed by atoms with Crippen LogP contribution in [0.15, 0.2) is 24.3 Å². The quantitative estimate of drug-likeness (QED) is 0.811. The van der Waals surface area contributed by atoms with E-state index in [-0.39, 0.29) is 11.7 Å². The van der Waals surface area contributed by atoms with E-state index in [1.165, 1.54) is 0 Å². The van der Waals surface area contributed by atoms with Gasteiger partial charge in [-0.2, -0.15) is 0 Å². The third-order valence-corrected chi connectivity index (χ3v) is 3.16. The van der Waals surface area contributed by atoms with Crippen LogP contribution in [0.5, 0.6) is 5.75 Å². The maximum absolute atomic E-state index is 12.4. The molecule has 0 spiro atoms. The summed E-state index contributed by atoms with van der Waals surface area (Å²) in [5, 5.41) is 3.28. The third-order valence-electron chi connectivity index (χ3n) is 3.16. The van der Waals surface area contributed by atoms with Gasteiger partial charge in [-0.15, -0.1) is 0 Å². The molecular formula is C14H19NO2. The SMILES string of the molecule is CCOc1ccccc1C(=O)C1CCNCC1. The second-order valence-electron chi connectivity index (χ2n) is 4.32. The van der Waals surface area contributed by atoms with Crippen molar-refractivity contribution in [1.82, 2.24) is 5.32 Å². The predicted molar refractivity (Wildman–Crippen MR) is 67.5 cm³/mol. The van der Waals surface area contributed by atoms with Gasteiger partial charge < -0.3 is 10.1 Å². The number of piperidine rings is 1. The number of ketones is 1. The fourth-order valence-electron chi connectivity index (χ4n) is 2.26. The average Bonchev–Trinajstić information content (AvgIpc) is 2.40. The second-order valence-corrected chi connectivity index (χ2v) is 4.32. The Labute approximate surface area is 102 Å². The third kappa shape index (κ3) is 2.86. The molecule has 1 aliphatic rings. The van der Waals surface area contributed by atoms with Gasteiger partial charge in [0.2, 0.25) is 0 Å². The minimum Gasteiger partial charge on any atom is -0.493 e. The van der Waals surface area contributed by atoms with Crippen LogP contribution in [0.25, 0.3) is 0 Å². The summed E-state index contributed by atoms with van der Waals surface area (Å²) in [7, 11) is 0. The Morgan fingerprint density at radius 2 is 2.06 bits per heavy atom. The molecule has 0 saturated carbocycles. The molecule has 0 unspecified atom stereocenters. The van der Waals surface area contributed by atoms with Gasteiger partial charge in [0, 0.05) is 5.92 Å². The minimum atomic E-state index is 0.151. The Bertz CT molecular complexity index is 384. The van der Waals surface area contributed by atoms with Crippen molar-refractivity contribution in [2.45, 2.75) is 19.8 Å². The van der Waals surface area contributed by atoms with Crippen molar-refractivity contribution in [2.75, 3.05) is 19.7 Å². The van der Waals surface area contributed by atoms with E-state index in [1.807, 2.05) is 31.2 Å². The van der Waals surface area contributed by atoms with Crippen LogP contribution in [0, 0.1) is 5.92 Å². The van der Waals surface area contributed by atoms with Gasteiger partial charge in [-0.25, -0.2) is 0 Å². The first-order valence-electron chi connectivity index (χ1n) is 6.29. The molecule has 2 rings (SSSR count). The van der Waals surface area contributed by atoms with E-state index in [0.29, 0.717) is 6.61 Å². The van der Waals surface area contributed by atoms with Crippen molar-refractivity contribution in [3.8, 4) is 5.75 Å². The van der Waals surface area contributed by atoms with E-state index in [4.69, 9.17) is 4.74 Å². The Morgan fingerprint density at radius 3 is 2.76 bits per heavy atom. The van der Waals surface area contributed by atoms with Gasteiger partial charge in [-0.1, -0.05) is 12.1 Å². The lowest BCUT2D eigenvalue weighted by atomic mass is 9.89. The molecule has 0 amide bonds. The molecule has 0 radical (unpaired) electrons. The molecule has 0 bridgehead atoms. The molecule has 0 aliphatic carbocycles. The smallest absolute Gasteiger partial charge is 0.169 e. The van der Waals surface area contributed by atoms with E-state index in [2.05, 4.69) is 5.32 Å². The number of rotatable bonds is 4. The first kappa shape index (κ1) is 12.1. The van der Waals surface area contributed by atoms with Crippen molar-refractivity contribution in [3.05, 3.63) is 29.8 Å². The summed E-state index contributed by atoms with van der Waals surface area (Å²) in [6.07, 6.45) is 1.86. The van der Waals surface area contributed by atoms with Crippen LogP contribution in [-0.4, -0.2) is 25.5 Å². The Balaban J connectivity index is 2.17. The summed E-state index contributed by atoms with van der Waals surface area (Å²) >= 11 is 0. The van der Waals surface area contributed by atoms with E-state index in [1.54, 1.807) is 0 Å². The van der Waals surface area contributed by atoms with Gasteiger partial charge in [-0.05, 0) is 45.0 Å². The molecule has 1 saturated heterocycles. The molecule has 17 heavy (non-hydrogen) atoms. The van der Waals surface area contributed by atoms with E-state index < -0.39 is 0 Å². The standard InChI is InChI=1S/C14H19NO2/c1-2-17-13-6-4-3-5-12(13)14(16)11-7-9-15-10-8-11/h3-6,11,15H,2,7-10H2,1H3. The molecule has 1 N–H and O–H groups in total. The van der Waals surface area contributed by atoms with Crippen molar-refractivity contribution < 1.29 is 9.53 Å². The summed E-state index contributed by atoms with van der Waals surface area (Å²) in [4.78, 5) is 12.4. The molecule has 1 aliphatic heterocycles. The van der Waals surface area contributed by atoms with E-state index >= 15 is 0 Å². The normalized spacial score (nSPS) is 16.8. The average molecular weight is 233 g/mol. The predicted octanol–water partition coefficient (Wildman–Crippen LogP) is 2.27. The van der Waals surface area contributed by atoms with Gasteiger partial charge in [0.25, 0.3) is 0 Å². The Morgan fingerprint density at radius 1 is 1.35 bits per heavy atom. The lowest BCUT2D eigenvalue weighted by Crippen LogP contribution is -2.32. The Kier molecular flexibility index (Phi) is 4.15. The zero-order chi connectivity index (χ0) is 12.1. The van der Waals surface area contributed by atoms with Crippen LogP contribution in [-0.2, 0) is 0 Å². The number of ether oxygens (including phenoxy) is 1. The molecule has 0 atom stereocenters. The van der Waals surface area contributed by atoms with Gasteiger partial charge in [0.1, 0.15) is 5.75 Å². The topological polar surface area (TPSA) is 38.3 Å². The maximum Gasteiger partial charge on any atom is 0.169 e. The molecule has 1 aromatic rings. The van der Waals surface area contributed by atoms with Crippen LogP contribution in [0.4, 0.5) is 0 Å². The summed E-state index contributed by atoms with van der Waals surface area (Å²) in [5.41, 5.74) is 0.737. The van der Waals surface area contributed by atoms with Crippen LogP contribution >= 0.6 is 0 Å². The van der Waals surface area contributed by atoms with Crippen LogP contribution in [0.2, 0.25) is 0 Å². The number of carbonyl (C=O) groups is 1. The highest BCUT2D eigenvalue weighted by atomic mass is 16.5. The highest BCUT2D eigenvalue weighted by Crippen LogP contribution is 2.25. The summed E-state index contributed by atoms with van der Waals surface area (Å²) in [6.45, 7) is 4.41. The van der Waals surface area contributed by atoms with Gasteiger partial charge in [-0.3, -0.25) is 4.79 Å². The molecule has 3 heteroatoms.